The number of ether oxygens (including phenoxy) is 3. The van der Waals surface area contributed by atoms with E-state index in [1.807, 2.05) is 12.1 Å². The number of phenols is 1. The summed E-state index contributed by atoms with van der Waals surface area (Å²) in [6.45, 7) is 4.93. The van der Waals surface area contributed by atoms with Gasteiger partial charge in [-0.1, -0.05) is 26.2 Å². The largest absolute Gasteiger partial charge is 0.504 e. The van der Waals surface area contributed by atoms with Gasteiger partial charge in [-0.3, -0.25) is 9.59 Å². The minimum absolute atomic E-state index is 0.0806. The molecule has 1 aromatic heterocycles. The molecule has 1 aliphatic carbocycles. The molecule has 0 amide bonds. The molecule has 39 heavy (non-hydrogen) atoms. The Kier molecular flexibility index (Phi) is 11.9. The van der Waals surface area contributed by atoms with Crippen LogP contribution in [0.5, 0.6) is 11.5 Å². The summed E-state index contributed by atoms with van der Waals surface area (Å²) in [6.07, 6.45) is 11.7. The summed E-state index contributed by atoms with van der Waals surface area (Å²) in [4.78, 5) is 27.8. The van der Waals surface area contributed by atoms with Crippen LogP contribution in [0.3, 0.4) is 0 Å². The highest BCUT2D eigenvalue weighted by molar-refractivity contribution is 5.72. The molecule has 1 saturated carbocycles. The molecule has 2 aromatic rings. The van der Waals surface area contributed by atoms with Crippen molar-refractivity contribution >= 4 is 17.8 Å². The lowest BCUT2D eigenvalue weighted by molar-refractivity contribution is -0.153. The number of aromatic hydroxyl groups is 1. The van der Waals surface area contributed by atoms with Crippen LogP contribution in [-0.4, -0.2) is 40.3 Å². The molecule has 8 nitrogen and oxygen atoms in total. The summed E-state index contributed by atoms with van der Waals surface area (Å²) < 4.78 is 17.5. The van der Waals surface area contributed by atoms with Crippen LogP contribution < -0.4 is 10.5 Å². The molecular weight excluding hydrogens is 496 g/mol. The number of nitrogens with two attached hydrogens (primary N) is 1. The van der Waals surface area contributed by atoms with E-state index in [1.165, 1.54) is 20.3 Å². The van der Waals surface area contributed by atoms with E-state index >= 15 is 0 Å². The fourth-order valence-electron chi connectivity index (χ4n) is 5.31. The van der Waals surface area contributed by atoms with Gasteiger partial charge in [0.25, 0.3) is 0 Å². The van der Waals surface area contributed by atoms with Crippen molar-refractivity contribution in [2.24, 2.45) is 0 Å². The third kappa shape index (κ3) is 10.1. The zero-order chi connectivity index (χ0) is 28.2. The van der Waals surface area contributed by atoms with Gasteiger partial charge >= 0.3 is 11.9 Å². The van der Waals surface area contributed by atoms with E-state index in [2.05, 4.69) is 11.9 Å². The van der Waals surface area contributed by atoms with Gasteiger partial charge in [-0.05, 0) is 92.3 Å². The molecule has 0 spiro atoms. The molecule has 2 atom stereocenters. The van der Waals surface area contributed by atoms with E-state index in [4.69, 9.17) is 19.9 Å². The van der Waals surface area contributed by atoms with Crippen molar-refractivity contribution in [2.75, 3.05) is 5.73 Å². The number of hydrogen-bond acceptors (Lipinski definition) is 8. The first kappa shape index (κ1) is 30.3. The summed E-state index contributed by atoms with van der Waals surface area (Å²) in [5.74, 6) is 0.221. The van der Waals surface area contributed by atoms with E-state index in [-0.39, 0.29) is 29.9 Å². The highest BCUT2D eigenvalue weighted by Gasteiger charge is 2.23. The summed E-state index contributed by atoms with van der Waals surface area (Å²) in [6, 6.07) is 7.24. The van der Waals surface area contributed by atoms with Gasteiger partial charge in [0.15, 0.2) is 11.5 Å². The first-order valence-electron chi connectivity index (χ1n) is 14.3. The van der Waals surface area contributed by atoms with E-state index in [9.17, 15) is 14.7 Å². The van der Waals surface area contributed by atoms with Crippen LogP contribution in [0.25, 0.3) is 11.1 Å². The van der Waals surface area contributed by atoms with Crippen molar-refractivity contribution in [1.29, 1.82) is 0 Å². The van der Waals surface area contributed by atoms with E-state index < -0.39 is 6.10 Å². The van der Waals surface area contributed by atoms with Crippen LogP contribution in [0, 0.1) is 0 Å². The maximum atomic E-state index is 12.0. The summed E-state index contributed by atoms with van der Waals surface area (Å²) in [5, 5.41) is 10.9. The number of anilines is 1. The van der Waals surface area contributed by atoms with Crippen molar-refractivity contribution in [2.45, 2.75) is 116 Å². The predicted octanol–water partition coefficient (Wildman–Crippen LogP) is 6.51. The Bertz CT molecular complexity index is 1080. The number of aromatic nitrogens is 1. The molecule has 1 heterocycles. The molecule has 1 aromatic carbocycles. The number of aryl methyl sites for hydroxylation is 1. The molecular formula is C31H44N2O6. The molecule has 214 valence electrons. The Hall–Kier alpha value is -3.29. The molecule has 0 radical (unpaired) electrons. The molecule has 2 unspecified atom stereocenters. The van der Waals surface area contributed by atoms with Crippen molar-refractivity contribution < 1.29 is 28.9 Å². The van der Waals surface area contributed by atoms with Gasteiger partial charge < -0.3 is 25.1 Å². The van der Waals surface area contributed by atoms with Gasteiger partial charge in [-0.2, -0.15) is 0 Å². The Morgan fingerprint density at radius 3 is 2.36 bits per heavy atom. The van der Waals surface area contributed by atoms with Crippen molar-refractivity contribution in [1.82, 2.24) is 4.98 Å². The molecule has 0 bridgehead atoms. The second-order valence-corrected chi connectivity index (χ2v) is 10.6. The minimum Gasteiger partial charge on any atom is -0.504 e. The average molecular weight is 541 g/mol. The number of carbonyl (C=O) groups is 2. The fourth-order valence-corrected chi connectivity index (χ4v) is 5.31. The van der Waals surface area contributed by atoms with Gasteiger partial charge in [0.05, 0.1) is 6.10 Å². The summed E-state index contributed by atoms with van der Waals surface area (Å²) >= 11 is 0. The number of hydrogen-bond donors (Lipinski definition) is 2. The van der Waals surface area contributed by atoms with Crippen LogP contribution in [0.1, 0.15) is 97.0 Å². The lowest BCUT2D eigenvalue weighted by Crippen LogP contribution is -2.27. The molecule has 3 N–H and O–H groups in total. The molecule has 1 aliphatic rings. The highest BCUT2D eigenvalue weighted by Crippen LogP contribution is 2.38. The van der Waals surface area contributed by atoms with Gasteiger partial charge in [0.1, 0.15) is 18.0 Å². The Morgan fingerprint density at radius 1 is 1.03 bits per heavy atom. The van der Waals surface area contributed by atoms with Gasteiger partial charge in [-0.15, -0.1) is 0 Å². The second-order valence-electron chi connectivity index (χ2n) is 10.6. The van der Waals surface area contributed by atoms with Gasteiger partial charge in [0, 0.05) is 26.5 Å². The van der Waals surface area contributed by atoms with Crippen molar-refractivity contribution in [3.05, 3.63) is 36.0 Å². The number of esters is 2. The summed E-state index contributed by atoms with van der Waals surface area (Å²) in [7, 11) is 0. The number of nitrogen functional groups attached to an aromatic ring is 1. The zero-order valence-electron chi connectivity index (χ0n) is 23.6. The first-order valence-corrected chi connectivity index (χ1v) is 14.3. The van der Waals surface area contributed by atoms with Crippen LogP contribution in [-0.2, 0) is 25.5 Å². The van der Waals surface area contributed by atoms with E-state index in [1.54, 1.807) is 18.3 Å². The van der Waals surface area contributed by atoms with E-state index in [0.717, 1.165) is 68.1 Å². The fraction of sp³-hybridized carbons (Fsp3) is 0.581. The number of rotatable bonds is 14. The number of benzene rings is 1. The lowest BCUT2D eigenvalue weighted by Gasteiger charge is -2.25. The zero-order valence-corrected chi connectivity index (χ0v) is 23.6. The number of carbonyl (C=O) groups excluding carboxylic acids is 2. The monoisotopic (exact) mass is 540 g/mol. The highest BCUT2D eigenvalue weighted by atomic mass is 16.6. The third-order valence-corrected chi connectivity index (χ3v) is 7.18. The topological polar surface area (TPSA) is 121 Å². The predicted molar refractivity (Wildman–Crippen MR) is 151 cm³/mol. The Balaban J connectivity index is 1.86. The molecule has 0 aliphatic heterocycles. The Labute approximate surface area is 232 Å². The maximum absolute atomic E-state index is 12.0. The minimum atomic E-state index is -0.430. The van der Waals surface area contributed by atoms with Crippen LogP contribution in [0.15, 0.2) is 30.5 Å². The van der Waals surface area contributed by atoms with Gasteiger partial charge in [0.2, 0.25) is 0 Å². The Morgan fingerprint density at radius 2 is 1.72 bits per heavy atom. The first-order chi connectivity index (χ1) is 18.7. The number of nitrogens with zero attached hydrogens (tertiary/aromatic N) is 1. The lowest BCUT2D eigenvalue weighted by atomic mass is 9.93. The number of unbranched alkanes of at least 4 members (excludes halogenated alkanes) is 2. The average Bonchev–Trinajstić information content (AvgIpc) is 2.88. The van der Waals surface area contributed by atoms with Crippen molar-refractivity contribution in [3.8, 4) is 22.6 Å². The number of pyridine rings is 1. The van der Waals surface area contributed by atoms with Crippen molar-refractivity contribution in [3.63, 3.8) is 0 Å². The van der Waals surface area contributed by atoms with E-state index in [0.29, 0.717) is 30.8 Å². The van der Waals surface area contributed by atoms with Gasteiger partial charge in [-0.25, -0.2) is 4.98 Å². The molecule has 3 rings (SSSR count). The third-order valence-electron chi connectivity index (χ3n) is 7.18. The maximum Gasteiger partial charge on any atom is 0.302 e. The molecule has 1 fully saturated rings. The van der Waals surface area contributed by atoms with Crippen LogP contribution >= 0.6 is 0 Å². The standard InChI is InChI=1S/C31H44N2O6/c1-4-5-7-12-26(37-21(2)34)19-27(38-22(3)35)14-13-23-17-30(39-25-10-8-6-9-11-25)29(36)20-28(23)24-15-16-33-31(32)18-24/h15-18,20,25-27,36H,4-14,19H2,1-3H3,(H2,32,33). The summed E-state index contributed by atoms with van der Waals surface area (Å²) in [5.41, 5.74) is 8.55. The van der Waals surface area contributed by atoms with Crippen LogP contribution in [0.2, 0.25) is 0 Å². The smallest absolute Gasteiger partial charge is 0.302 e. The van der Waals surface area contributed by atoms with Crippen LogP contribution in [0.4, 0.5) is 5.82 Å². The normalized spacial score (nSPS) is 15.4. The molecule has 8 heteroatoms. The number of phenolic OH excluding ortho intramolecular Hbond substituents is 1. The quantitative estimate of drug-likeness (QED) is 0.205. The SMILES string of the molecule is CCCCCC(CC(CCc1cc(OC2CCCCC2)c(O)cc1-c1ccnc(N)c1)OC(C)=O)OC(C)=O. The second kappa shape index (κ2) is 15.3. The molecule has 0 saturated heterocycles.